The van der Waals surface area contributed by atoms with E-state index >= 15 is 0 Å². The van der Waals surface area contributed by atoms with Gasteiger partial charge in [0.2, 0.25) is 5.91 Å². The van der Waals surface area contributed by atoms with E-state index in [1.54, 1.807) is 18.2 Å². The van der Waals surface area contributed by atoms with Crippen molar-refractivity contribution < 1.29 is 14.5 Å². The highest BCUT2D eigenvalue weighted by atomic mass is 35.5. The van der Waals surface area contributed by atoms with E-state index in [1.807, 2.05) is 0 Å². The van der Waals surface area contributed by atoms with Crippen molar-refractivity contribution in [2.75, 3.05) is 24.3 Å². The molecule has 0 aromatic heterocycles. The molecule has 0 radical (unpaired) electrons. The molecule has 0 spiro atoms. The van der Waals surface area contributed by atoms with Gasteiger partial charge in [0.1, 0.15) is 5.75 Å². The first-order chi connectivity index (χ1) is 11.4. The second kappa shape index (κ2) is 7.85. The van der Waals surface area contributed by atoms with Crippen LogP contribution in [0.4, 0.5) is 17.1 Å². The van der Waals surface area contributed by atoms with Crippen molar-refractivity contribution in [3.8, 4) is 5.75 Å². The molecule has 0 aliphatic heterocycles. The van der Waals surface area contributed by atoms with Crippen LogP contribution in [-0.4, -0.2) is 24.5 Å². The third-order valence-electron chi connectivity index (χ3n) is 3.04. The van der Waals surface area contributed by atoms with Crippen LogP contribution >= 0.6 is 23.2 Å². The largest absolute Gasteiger partial charge is 0.495 e. The predicted octanol–water partition coefficient (Wildman–Crippen LogP) is 3.96. The number of methoxy groups -OCH3 is 1. The molecule has 2 N–H and O–H groups in total. The van der Waals surface area contributed by atoms with Crippen LogP contribution in [0.15, 0.2) is 36.4 Å². The minimum atomic E-state index is -0.553. The van der Waals surface area contributed by atoms with E-state index < -0.39 is 10.8 Å². The highest BCUT2D eigenvalue weighted by Gasteiger charge is 2.13. The van der Waals surface area contributed by atoms with E-state index in [1.165, 1.54) is 25.3 Å². The molecule has 0 fully saturated rings. The first-order valence-electron chi connectivity index (χ1n) is 6.72. The van der Waals surface area contributed by atoms with Crippen molar-refractivity contribution in [2.45, 2.75) is 0 Å². The summed E-state index contributed by atoms with van der Waals surface area (Å²) in [5.74, 6) is -0.0802. The fourth-order valence-electron chi connectivity index (χ4n) is 1.89. The average molecular weight is 370 g/mol. The van der Waals surface area contributed by atoms with Gasteiger partial charge < -0.3 is 15.4 Å². The van der Waals surface area contributed by atoms with Crippen LogP contribution in [0.3, 0.4) is 0 Å². The molecule has 7 nitrogen and oxygen atoms in total. The molecule has 0 unspecified atom stereocenters. The van der Waals surface area contributed by atoms with Gasteiger partial charge in [-0.1, -0.05) is 23.2 Å². The molecule has 0 aliphatic rings. The molecule has 1 amide bonds. The Labute approximate surface area is 147 Å². The third-order valence-corrected chi connectivity index (χ3v) is 3.78. The van der Waals surface area contributed by atoms with Crippen LogP contribution in [0.25, 0.3) is 0 Å². The Hall–Kier alpha value is -2.51. The molecule has 0 saturated carbocycles. The van der Waals surface area contributed by atoms with Gasteiger partial charge in [-0.3, -0.25) is 14.9 Å². The van der Waals surface area contributed by atoms with Crippen LogP contribution in [0.2, 0.25) is 10.0 Å². The summed E-state index contributed by atoms with van der Waals surface area (Å²) in [5.41, 5.74) is 0.682. The first kappa shape index (κ1) is 17.8. The normalized spacial score (nSPS) is 10.1. The maximum atomic E-state index is 12.0. The molecule has 2 aromatic rings. The molecule has 0 saturated heterocycles. The van der Waals surface area contributed by atoms with Crippen molar-refractivity contribution in [3.63, 3.8) is 0 Å². The second-order valence-electron chi connectivity index (χ2n) is 4.67. The van der Waals surface area contributed by atoms with Gasteiger partial charge in [0.25, 0.3) is 5.69 Å². The lowest BCUT2D eigenvalue weighted by Gasteiger charge is -2.11. The molecular weight excluding hydrogens is 357 g/mol. The van der Waals surface area contributed by atoms with Gasteiger partial charge in [0, 0.05) is 17.8 Å². The van der Waals surface area contributed by atoms with Crippen LogP contribution in [-0.2, 0) is 4.79 Å². The van der Waals surface area contributed by atoms with Crippen molar-refractivity contribution in [2.24, 2.45) is 0 Å². The third kappa shape index (κ3) is 4.50. The number of amides is 1. The molecule has 0 bridgehead atoms. The zero-order valence-electron chi connectivity index (χ0n) is 12.5. The lowest BCUT2D eigenvalue weighted by molar-refractivity contribution is -0.384. The van der Waals surface area contributed by atoms with Crippen molar-refractivity contribution in [1.29, 1.82) is 0 Å². The number of nitro benzene ring substituents is 1. The summed E-state index contributed by atoms with van der Waals surface area (Å²) in [4.78, 5) is 22.3. The Balaban J connectivity index is 2.04. The molecule has 126 valence electrons. The number of nitrogens with zero attached hydrogens (tertiary/aromatic N) is 1. The Morgan fingerprint density at radius 1 is 1.21 bits per heavy atom. The lowest BCUT2D eigenvalue weighted by atomic mass is 10.2. The summed E-state index contributed by atoms with van der Waals surface area (Å²) >= 11 is 11.7. The first-order valence-corrected chi connectivity index (χ1v) is 7.47. The van der Waals surface area contributed by atoms with Gasteiger partial charge in [-0.25, -0.2) is 0 Å². The minimum Gasteiger partial charge on any atom is -0.495 e. The van der Waals surface area contributed by atoms with Gasteiger partial charge >= 0.3 is 0 Å². The number of nitro groups is 1. The number of nitrogens with one attached hydrogen (secondary N) is 2. The number of non-ortho nitro benzene ring substituents is 1. The quantitative estimate of drug-likeness (QED) is 0.593. The number of anilines is 2. The molecule has 2 rings (SSSR count). The Morgan fingerprint density at radius 3 is 2.58 bits per heavy atom. The smallest absolute Gasteiger partial charge is 0.271 e. The Bertz CT molecular complexity index is 783. The second-order valence-corrected chi connectivity index (χ2v) is 5.49. The molecule has 0 aliphatic carbocycles. The summed E-state index contributed by atoms with van der Waals surface area (Å²) in [5, 5.41) is 17.0. The van der Waals surface area contributed by atoms with Gasteiger partial charge in [-0.2, -0.15) is 0 Å². The predicted molar refractivity (Wildman–Crippen MR) is 93.2 cm³/mol. The highest BCUT2D eigenvalue weighted by Crippen LogP contribution is 2.29. The van der Waals surface area contributed by atoms with E-state index in [0.29, 0.717) is 21.5 Å². The average Bonchev–Trinajstić information content (AvgIpc) is 2.55. The van der Waals surface area contributed by atoms with E-state index in [4.69, 9.17) is 27.9 Å². The van der Waals surface area contributed by atoms with Crippen LogP contribution in [0.5, 0.6) is 5.75 Å². The zero-order chi connectivity index (χ0) is 17.7. The number of hydrogen-bond donors (Lipinski definition) is 2. The summed E-state index contributed by atoms with van der Waals surface area (Å²) in [7, 11) is 1.41. The molecule has 9 heteroatoms. The van der Waals surface area contributed by atoms with Gasteiger partial charge in [0.05, 0.1) is 34.3 Å². The molecule has 0 atom stereocenters. The number of hydrogen-bond acceptors (Lipinski definition) is 5. The molecule has 24 heavy (non-hydrogen) atoms. The summed E-state index contributed by atoms with van der Waals surface area (Å²) in [6.07, 6.45) is 0. The van der Waals surface area contributed by atoms with E-state index in [2.05, 4.69) is 10.6 Å². The summed E-state index contributed by atoms with van der Waals surface area (Å²) in [6.45, 7) is -0.0657. The van der Waals surface area contributed by atoms with Crippen LogP contribution in [0, 0.1) is 10.1 Å². The SMILES string of the molecule is COc1ccc([N+](=O)[O-])cc1NC(=O)CNc1ccc(Cl)c(Cl)c1. The van der Waals surface area contributed by atoms with Gasteiger partial charge in [-0.05, 0) is 24.3 Å². The fourth-order valence-corrected chi connectivity index (χ4v) is 2.19. The molecular formula is C15H13Cl2N3O4. The van der Waals surface area contributed by atoms with Crippen molar-refractivity contribution in [1.82, 2.24) is 0 Å². The maximum absolute atomic E-state index is 12.0. The van der Waals surface area contributed by atoms with Crippen LogP contribution < -0.4 is 15.4 Å². The number of ether oxygens (including phenoxy) is 1. The zero-order valence-corrected chi connectivity index (χ0v) is 14.0. The van der Waals surface area contributed by atoms with E-state index in [-0.39, 0.29) is 17.9 Å². The number of carbonyl (C=O) groups excluding carboxylic acids is 1. The number of benzene rings is 2. The summed E-state index contributed by atoms with van der Waals surface area (Å²) < 4.78 is 5.08. The van der Waals surface area contributed by atoms with E-state index in [0.717, 1.165) is 0 Å². The molecule has 0 heterocycles. The number of carbonyl (C=O) groups is 1. The number of halogens is 2. The van der Waals surface area contributed by atoms with Gasteiger partial charge in [0.15, 0.2) is 0 Å². The van der Waals surface area contributed by atoms with Crippen molar-refractivity contribution >= 4 is 46.2 Å². The standard InChI is InChI=1S/C15H13Cl2N3O4/c1-24-14-5-3-10(20(22)23)7-13(14)19-15(21)8-18-9-2-4-11(16)12(17)6-9/h2-7,18H,8H2,1H3,(H,19,21). The summed E-state index contributed by atoms with van der Waals surface area (Å²) in [6, 6.07) is 8.81. The van der Waals surface area contributed by atoms with Crippen molar-refractivity contribution in [3.05, 3.63) is 56.6 Å². The van der Waals surface area contributed by atoms with E-state index in [9.17, 15) is 14.9 Å². The number of rotatable bonds is 6. The lowest BCUT2D eigenvalue weighted by Crippen LogP contribution is -2.22. The topological polar surface area (TPSA) is 93.5 Å². The molecule has 2 aromatic carbocycles. The maximum Gasteiger partial charge on any atom is 0.271 e. The highest BCUT2D eigenvalue weighted by molar-refractivity contribution is 6.42. The Kier molecular flexibility index (Phi) is 5.83. The fraction of sp³-hybridized carbons (Fsp3) is 0.133. The minimum absolute atomic E-state index is 0.0657. The van der Waals surface area contributed by atoms with Gasteiger partial charge in [-0.15, -0.1) is 0 Å². The Morgan fingerprint density at radius 2 is 1.96 bits per heavy atom. The van der Waals surface area contributed by atoms with Crippen LogP contribution in [0.1, 0.15) is 0 Å². The monoisotopic (exact) mass is 369 g/mol.